The van der Waals surface area contributed by atoms with Crippen LogP contribution < -0.4 is 4.72 Å². The van der Waals surface area contributed by atoms with Crippen molar-refractivity contribution in [3.05, 3.63) is 63.6 Å². The first kappa shape index (κ1) is 24.5. The van der Waals surface area contributed by atoms with Crippen molar-refractivity contribution in [2.24, 2.45) is 0 Å². The summed E-state index contributed by atoms with van der Waals surface area (Å²) >= 11 is 12.1. The lowest BCUT2D eigenvalue weighted by Crippen LogP contribution is -2.48. The maximum absolute atomic E-state index is 12.9. The summed E-state index contributed by atoms with van der Waals surface area (Å²) < 4.78 is 27.9. The number of nitrogens with one attached hydrogen (secondary N) is 1. The molecule has 1 N–H and O–H groups in total. The second-order valence-electron chi connectivity index (χ2n) is 7.66. The Labute approximate surface area is 198 Å². The van der Waals surface area contributed by atoms with Gasteiger partial charge in [0.1, 0.15) is 4.90 Å². The van der Waals surface area contributed by atoms with Gasteiger partial charge in [0.2, 0.25) is 15.9 Å². The molecule has 1 amide bonds. The number of rotatable bonds is 6. The number of hydrogen-bond donors (Lipinski definition) is 1. The number of amides is 1. The Morgan fingerprint density at radius 3 is 2.38 bits per heavy atom. The number of nitrogens with zero attached hydrogens (tertiary/aromatic N) is 3. The van der Waals surface area contributed by atoms with E-state index >= 15 is 0 Å². The third-order valence-corrected chi connectivity index (χ3v) is 7.77. The summed E-state index contributed by atoms with van der Waals surface area (Å²) in [5, 5.41) is 8.92. The van der Waals surface area contributed by atoms with E-state index in [0.29, 0.717) is 25.2 Å². The van der Waals surface area contributed by atoms with Crippen LogP contribution in [0.2, 0.25) is 10.0 Å². The monoisotopic (exact) mass is 494 g/mol. The van der Waals surface area contributed by atoms with Crippen LogP contribution in [0.25, 0.3) is 0 Å². The summed E-state index contributed by atoms with van der Waals surface area (Å²) in [7, 11) is -4.07. The first-order valence-corrected chi connectivity index (χ1v) is 12.4. The average Bonchev–Trinajstić information content (AvgIpc) is 2.98. The van der Waals surface area contributed by atoms with Gasteiger partial charge in [-0.1, -0.05) is 41.4 Å². The smallest absolute Gasteiger partial charge is 0.244 e. The van der Waals surface area contributed by atoms with Crippen molar-refractivity contribution in [3.8, 4) is 6.07 Å². The lowest BCUT2D eigenvalue weighted by atomic mass is 10.1. The minimum absolute atomic E-state index is 0.00198. The van der Waals surface area contributed by atoms with Gasteiger partial charge in [0.15, 0.2) is 0 Å². The Bertz CT molecular complexity index is 1100. The average molecular weight is 495 g/mol. The molecule has 1 aliphatic rings. The zero-order chi connectivity index (χ0) is 23.3. The molecule has 0 spiro atoms. The summed E-state index contributed by atoms with van der Waals surface area (Å²) in [6, 6.07) is 13.0. The van der Waals surface area contributed by atoms with E-state index < -0.39 is 16.1 Å². The maximum Gasteiger partial charge on any atom is 0.244 e. The third kappa shape index (κ3) is 6.00. The summed E-state index contributed by atoms with van der Waals surface area (Å²) in [6.07, 6.45) is 0.776. The molecule has 3 rings (SSSR count). The zero-order valence-electron chi connectivity index (χ0n) is 17.6. The molecule has 1 atom stereocenters. The van der Waals surface area contributed by atoms with Gasteiger partial charge in [-0.25, -0.2) is 8.42 Å². The molecule has 1 fully saturated rings. The van der Waals surface area contributed by atoms with Gasteiger partial charge in [-0.2, -0.15) is 9.98 Å². The fourth-order valence-corrected chi connectivity index (χ4v) is 5.99. The molecule has 170 valence electrons. The van der Waals surface area contributed by atoms with E-state index in [-0.39, 0.29) is 20.8 Å². The summed E-state index contributed by atoms with van der Waals surface area (Å²) in [5.74, 6) is -0.294. The molecule has 7 nitrogen and oxygen atoms in total. The zero-order valence-corrected chi connectivity index (χ0v) is 19.9. The predicted molar refractivity (Wildman–Crippen MR) is 124 cm³/mol. The molecule has 1 unspecified atom stereocenters. The number of sulfonamides is 1. The van der Waals surface area contributed by atoms with Crippen molar-refractivity contribution in [2.75, 3.05) is 26.2 Å². The number of carbonyl (C=O) groups is 1. The Kier molecular flexibility index (Phi) is 8.15. The third-order valence-electron chi connectivity index (χ3n) is 5.28. The highest BCUT2D eigenvalue weighted by Crippen LogP contribution is 2.29. The molecule has 0 aliphatic carbocycles. The second kappa shape index (κ2) is 10.6. The normalized spacial score (nSPS) is 16.2. The van der Waals surface area contributed by atoms with Crippen LogP contribution in [0.4, 0.5) is 0 Å². The molecule has 0 radical (unpaired) electrons. The minimum Gasteiger partial charge on any atom is -0.340 e. The molecule has 2 aromatic rings. The van der Waals surface area contributed by atoms with E-state index in [1.165, 1.54) is 19.1 Å². The fourth-order valence-electron chi connectivity index (χ4n) is 3.65. The van der Waals surface area contributed by atoms with E-state index in [0.717, 1.165) is 25.1 Å². The topological polar surface area (TPSA) is 93.5 Å². The van der Waals surface area contributed by atoms with Crippen LogP contribution in [0.5, 0.6) is 0 Å². The van der Waals surface area contributed by atoms with E-state index in [4.69, 9.17) is 28.5 Å². The number of hydrogen-bond acceptors (Lipinski definition) is 5. The Balaban J connectivity index is 1.60. The quantitative estimate of drug-likeness (QED) is 0.664. The van der Waals surface area contributed by atoms with Crippen LogP contribution in [0.1, 0.15) is 24.5 Å². The molecule has 1 aliphatic heterocycles. The molecule has 0 saturated carbocycles. The highest BCUT2D eigenvalue weighted by atomic mass is 35.5. The van der Waals surface area contributed by atoms with Crippen molar-refractivity contribution in [1.29, 1.82) is 5.26 Å². The molecule has 1 saturated heterocycles. The first-order chi connectivity index (χ1) is 15.2. The number of benzene rings is 2. The van der Waals surface area contributed by atoms with Crippen molar-refractivity contribution < 1.29 is 13.2 Å². The van der Waals surface area contributed by atoms with Gasteiger partial charge in [-0.3, -0.25) is 9.69 Å². The lowest BCUT2D eigenvalue weighted by molar-refractivity contribution is -0.132. The van der Waals surface area contributed by atoms with Crippen LogP contribution in [0, 0.1) is 11.3 Å². The molecule has 2 aromatic carbocycles. The van der Waals surface area contributed by atoms with Gasteiger partial charge < -0.3 is 4.90 Å². The summed E-state index contributed by atoms with van der Waals surface area (Å²) in [4.78, 5) is 16.6. The highest BCUT2D eigenvalue weighted by Gasteiger charge is 2.29. The van der Waals surface area contributed by atoms with E-state index in [9.17, 15) is 13.2 Å². The van der Waals surface area contributed by atoms with Crippen molar-refractivity contribution in [2.45, 2.75) is 30.8 Å². The second-order valence-corrected chi connectivity index (χ2v) is 10.1. The molecule has 1 heterocycles. The van der Waals surface area contributed by atoms with Crippen LogP contribution >= 0.6 is 23.2 Å². The number of nitriles is 1. The van der Waals surface area contributed by atoms with Crippen molar-refractivity contribution >= 4 is 39.1 Å². The van der Waals surface area contributed by atoms with Gasteiger partial charge in [-0.15, -0.1) is 0 Å². The largest absolute Gasteiger partial charge is 0.340 e. The minimum atomic E-state index is -4.07. The summed E-state index contributed by atoms with van der Waals surface area (Å²) in [5.41, 5.74) is 1.72. The Hall–Kier alpha value is -2.15. The number of carbonyl (C=O) groups excluding carboxylic acids is 1. The van der Waals surface area contributed by atoms with Crippen molar-refractivity contribution in [3.63, 3.8) is 0 Å². The van der Waals surface area contributed by atoms with Crippen LogP contribution in [-0.4, -0.2) is 56.3 Å². The predicted octanol–water partition coefficient (Wildman–Crippen LogP) is 3.27. The molecule has 0 bridgehead atoms. The van der Waals surface area contributed by atoms with Gasteiger partial charge in [0.05, 0.1) is 27.7 Å². The SMILES string of the molecule is CC(NS(=O)(=O)c1c(Cl)cccc1Cl)C(=O)N1CCCN(Cc2ccc(C#N)cc2)CC1. The molecule has 0 aromatic heterocycles. The van der Waals surface area contributed by atoms with Gasteiger partial charge >= 0.3 is 0 Å². The van der Waals surface area contributed by atoms with E-state index in [1.807, 2.05) is 12.1 Å². The lowest BCUT2D eigenvalue weighted by Gasteiger charge is -2.25. The van der Waals surface area contributed by atoms with Crippen LogP contribution in [-0.2, 0) is 21.4 Å². The van der Waals surface area contributed by atoms with Crippen LogP contribution in [0.3, 0.4) is 0 Å². The molecular formula is C22H24Cl2N4O3S. The van der Waals surface area contributed by atoms with Crippen molar-refractivity contribution in [1.82, 2.24) is 14.5 Å². The molecule has 32 heavy (non-hydrogen) atoms. The van der Waals surface area contributed by atoms with Gasteiger partial charge in [0.25, 0.3) is 0 Å². The van der Waals surface area contributed by atoms with E-state index in [1.54, 1.807) is 23.1 Å². The Morgan fingerprint density at radius 1 is 1.09 bits per heavy atom. The van der Waals surface area contributed by atoms with Crippen LogP contribution in [0.15, 0.2) is 47.4 Å². The van der Waals surface area contributed by atoms with E-state index in [2.05, 4.69) is 15.7 Å². The summed E-state index contributed by atoms with van der Waals surface area (Å²) in [6.45, 7) is 4.77. The molecular weight excluding hydrogens is 471 g/mol. The fraction of sp³-hybridized carbons (Fsp3) is 0.364. The van der Waals surface area contributed by atoms with Gasteiger partial charge in [0, 0.05) is 32.7 Å². The Morgan fingerprint density at radius 2 is 1.75 bits per heavy atom. The maximum atomic E-state index is 12.9. The first-order valence-electron chi connectivity index (χ1n) is 10.2. The number of halogens is 2. The molecule has 10 heteroatoms. The standard InChI is InChI=1S/C22H24Cl2N4O3S/c1-16(26-32(30,31)21-19(23)4-2-5-20(21)24)22(29)28-11-3-10-27(12-13-28)15-18-8-6-17(14-25)7-9-18/h2,4-9,16,26H,3,10-13,15H2,1H3. The van der Waals surface area contributed by atoms with Gasteiger partial charge in [-0.05, 0) is 43.2 Å². The highest BCUT2D eigenvalue weighted by molar-refractivity contribution is 7.89.